The minimum absolute atomic E-state index is 0.131. The van der Waals surface area contributed by atoms with Crippen LogP contribution in [0.4, 0.5) is 0 Å². The van der Waals surface area contributed by atoms with E-state index >= 15 is 0 Å². The van der Waals surface area contributed by atoms with Crippen LogP contribution in [0.1, 0.15) is 35.7 Å². The van der Waals surface area contributed by atoms with Gasteiger partial charge in [0.1, 0.15) is 4.64 Å². The average molecular weight is 348 g/mol. The van der Waals surface area contributed by atoms with E-state index in [1.807, 2.05) is 38.1 Å². The normalized spacial score (nSPS) is 19.1. The summed E-state index contributed by atoms with van der Waals surface area (Å²) in [5.41, 5.74) is 2.99. The predicted molar refractivity (Wildman–Crippen MR) is 93.4 cm³/mol. The van der Waals surface area contributed by atoms with Crippen LogP contribution < -0.4 is 0 Å². The van der Waals surface area contributed by atoms with E-state index in [1.165, 1.54) is 0 Å². The first-order valence-corrected chi connectivity index (χ1v) is 9.53. The van der Waals surface area contributed by atoms with E-state index in [1.54, 1.807) is 16.4 Å². The summed E-state index contributed by atoms with van der Waals surface area (Å²) in [5.74, 6) is 0. The molecule has 122 valence electrons. The zero-order valence-electron chi connectivity index (χ0n) is 13.2. The minimum Gasteiger partial charge on any atom is -0.350 e. The second-order valence-corrected chi connectivity index (χ2v) is 8.32. The molecule has 23 heavy (non-hydrogen) atoms. The van der Waals surface area contributed by atoms with Crippen molar-refractivity contribution < 1.29 is 8.42 Å². The van der Waals surface area contributed by atoms with Gasteiger partial charge in [0, 0.05) is 12.2 Å². The number of pyridine rings is 1. The molecule has 1 aliphatic rings. The first-order chi connectivity index (χ1) is 10.9. The van der Waals surface area contributed by atoms with Gasteiger partial charge in [0.2, 0.25) is 10.0 Å². The molecule has 2 heterocycles. The third-order valence-corrected chi connectivity index (χ3v) is 6.51. The van der Waals surface area contributed by atoms with Crippen molar-refractivity contribution in [3.63, 3.8) is 0 Å². The van der Waals surface area contributed by atoms with Crippen LogP contribution in [0.3, 0.4) is 0 Å². The van der Waals surface area contributed by atoms with Crippen molar-refractivity contribution in [2.45, 2.75) is 37.6 Å². The number of benzene rings is 1. The zero-order valence-corrected chi connectivity index (χ0v) is 14.9. The van der Waals surface area contributed by atoms with Crippen molar-refractivity contribution in [3.8, 4) is 0 Å². The van der Waals surface area contributed by atoms with E-state index in [0.717, 1.165) is 29.7 Å². The largest absolute Gasteiger partial charge is 0.350 e. The molecule has 0 amide bonds. The summed E-state index contributed by atoms with van der Waals surface area (Å²) < 4.78 is 28.3. The van der Waals surface area contributed by atoms with E-state index in [2.05, 4.69) is 4.98 Å². The van der Waals surface area contributed by atoms with E-state index in [0.29, 0.717) is 16.1 Å². The molecular weight excluding hydrogens is 328 g/mol. The van der Waals surface area contributed by atoms with Crippen LogP contribution in [-0.4, -0.2) is 24.3 Å². The van der Waals surface area contributed by atoms with Gasteiger partial charge in [-0.3, -0.25) is 0 Å². The van der Waals surface area contributed by atoms with Gasteiger partial charge >= 0.3 is 0 Å². The van der Waals surface area contributed by atoms with Gasteiger partial charge in [0.15, 0.2) is 0 Å². The van der Waals surface area contributed by atoms with Crippen molar-refractivity contribution in [1.82, 2.24) is 9.29 Å². The number of hydrogen-bond acceptors (Lipinski definition) is 3. The summed E-state index contributed by atoms with van der Waals surface area (Å²) in [5, 5.41) is 0. The fraction of sp³-hybridized carbons (Fsp3) is 0.353. The lowest BCUT2D eigenvalue weighted by atomic mass is 10.0. The molecule has 0 spiro atoms. The van der Waals surface area contributed by atoms with Crippen LogP contribution in [0.2, 0.25) is 0 Å². The minimum atomic E-state index is -3.49. The number of nitrogens with zero attached hydrogens (tertiary/aromatic N) is 1. The van der Waals surface area contributed by atoms with Gasteiger partial charge in [-0.15, -0.1) is 0 Å². The topological polar surface area (TPSA) is 53.2 Å². The van der Waals surface area contributed by atoms with Crippen LogP contribution in [0.25, 0.3) is 0 Å². The number of aryl methyl sites for hydroxylation is 2. The van der Waals surface area contributed by atoms with Gasteiger partial charge < -0.3 is 4.98 Å². The maximum absolute atomic E-state index is 13.0. The van der Waals surface area contributed by atoms with Crippen LogP contribution in [-0.2, 0) is 10.0 Å². The SMILES string of the molecule is Cc1ccc(S(=O)(=O)N2CCC[C@H]2c2ccc(=S)[nH]c2C)cc1. The van der Waals surface area contributed by atoms with Crippen molar-refractivity contribution in [2.75, 3.05) is 6.54 Å². The maximum Gasteiger partial charge on any atom is 0.243 e. The number of aromatic nitrogens is 1. The first kappa shape index (κ1) is 16.4. The summed E-state index contributed by atoms with van der Waals surface area (Å²) in [6, 6.07) is 10.7. The van der Waals surface area contributed by atoms with E-state index in [-0.39, 0.29) is 6.04 Å². The van der Waals surface area contributed by atoms with Crippen molar-refractivity contribution in [3.05, 3.63) is 57.9 Å². The van der Waals surface area contributed by atoms with Gasteiger partial charge in [-0.05, 0) is 50.5 Å². The quantitative estimate of drug-likeness (QED) is 0.856. The maximum atomic E-state index is 13.0. The molecule has 1 aliphatic heterocycles. The lowest BCUT2D eigenvalue weighted by Crippen LogP contribution is -2.31. The molecule has 0 bridgehead atoms. The molecule has 2 aromatic rings. The molecule has 1 N–H and O–H groups in total. The highest BCUT2D eigenvalue weighted by Crippen LogP contribution is 2.37. The highest BCUT2D eigenvalue weighted by molar-refractivity contribution is 7.89. The van der Waals surface area contributed by atoms with Crippen molar-refractivity contribution in [1.29, 1.82) is 0 Å². The summed E-state index contributed by atoms with van der Waals surface area (Å²) in [6.45, 7) is 4.45. The lowest BCUT2D eigenvalue weighted by molar-refractivity contribution is 0.395. The molecule has 3 rings (SSSR count). The van der Waals surface area contributed by atoms with Crippen LogP contribution in [0.5, 0.6) is 0 Å². The number of nitrogens with one attached hydrogen (secondary N) is 1. The first-order valence-electron chi connectivity index (χ1n) is 7.68. The Balaban J connectivity index is 2.01. The summed E-state index contributed by atoms with van der Waals surface area (Å²) in [4.78, 5) is 3.49. The zero-order chi connectivity index (χ0) is 16.6. The molecule has 1 atom stereocenters. The Morgan fingerprint density at radius 3 is 2.48 bits per heavy atom. The Morgan fingerprint density at radius 1 is 1.13 bits per heavy atom. The molecule has 1 aromatic carbocycles. The fourth-order valence-corrected chi connectivity index (χ4v) is 5.03. The molecule has 0 radical (unpaired) electrons. The second kappa shape index (κ2) is 6.19. The van der Waals surface area contributed by atoms with E-state index < -0.39 is 10.0 Å². The summed E-state index contributed by atoms with van der Waals surface area (Å²) >= 11 is 5.14. The Morgan fingerprint density at radius 2 is 1.83 bits per heavy atom. The second-order valence-electron chi connectivity index (χ2n) is 5.99. The molecule has 0 aliphatic carbocycles. The average Bonchev–Trinajstić information content (AvgIpc) is 2.97. The third kappa shape index (κ3) is 3.11. The molecule has 0 unspecified atom stereocenters. The van der Waals surface area contributed by atoms with Crippen LogP contribution in [0.15, 0.2) is 41.3 Å². The van der Waals surface area contributed by atoms with E-state index in [4.69, 9.17) is 12.2 Å². The number of hydrogen-bond donors (Lipinski definition) is 1. The fourth-order valence-electron chi connectivity index (χ4n) is 3.13. The third-order valence-electron chi connectivity index (χ3n) is 4.35. The van der Waals surface area contributed by atoms with Gasteiger partial charge in [-0.1, -0.05) is 36.0 Å². The molecule has 4 nitrogen and oxygen atoms in total. The van der Waals surface area contributed by atoms with Crippen molar-refractivity contribution >= 4 is 22.2 Å². The highest BCUT2D eigenvalue weighted by atomic mass is 32.2. The Bertz CT molecular complexity index is 870. The smallest absolute Gasteiger partial charge is 0.243 e. The Labute approximate surface area is 142 Å². The summed E-state index contributed by atoms with van der Waals surface area (Å²) in [7, 11) is -3.49. The van der Waals surface area contributed by atoms with Gasteiger partial charge in [0.05, 0.1) is 10.9 Å². The molecule has 6 heteroatoms. The molecule has 1 saturated heterocycles. The molecular formula is C17H20N2O2S2. The summed E-state index contributed by atoms with van der Waals surface area (Å²) in [6.07, 6.45) is 1.70. The van der Waals surface area contributed by atoms with Gasteiger partial charge in [-0.25, -0.2) is 8.42 Å². The monoisotopic (exact) mass is 348 g/mol. The number of sulfonamides is 1. The number of aromatic amines is 1. The van der Waals surface area contributed by atoms with Gasteiger partial charge in [-0.2, -0.15) is 4.31 Å². The van der Waals surface area contributed by atoms with Crippen molar-refractivity contribution in [2.24, 2.45) is 0 Å². The molecule has 1 fully saturated rings. The number of H-pyrrole nitrogens is 1. The lowest BCUT2D eigenvalue weighted by Gasteiger charge is -2.25. The number of rotatable bonds is 3. The van der Waals surface area contributed by atoms with E-state index in [9.17, 15) is 8.42 Å². The molecule has 0 saturated carbocycles. The highest BCUT2D eigenvalue weighted by Gasteiger charge is 2.36. The van der Waals surface area contributed by atoms with Crippen LogP contribution >= 0.6 is 12.2 Å². The standard InChI is InChI=1S/C17H20N2O2S2/c1-12-5-7-14(8-6-12)23(20,21)19-11-3-4-16(19)15-9-10-17(22)18-13(15)2/h5-10,16H,3-4,11H2,1-2H3,(H,18,22)/t16-/m0/s1. The Hall–Kier alpha value is -1.50. The Kier molecular flexibility index (Phi) is 4.40. The van der Waals surface area contributed by atoms with Gasteiger partial charge in [0.25, 0.3) is 0 Å². The van der Waals surface area contributed by atoms with Crippen LogP contribution in [0, 0.1) is 18.5 Å². The molecule has 1 aromatic heterocycles. The predicted octanol–water partition coefficient (Wildman–Crippen LogP) is 3.89.